The summed E-state index contributed by atoms with van der Waals surface area (Å²) in [5, 5.41) is 3.39. The predicted molar refractivity (Wildman–Crippen MR) is 67.3 cm³/mol. The van der Waals surface area contributed by atoms with Gasteiger partial charge in [0.15, 0.2) is 0 Å². The highest BCUT2D eigenvalue weighted by Gasteiger charge is 1.98. The predicted octanol–water partition coefficient (Wildman–Crippen LogP) is 3.46. The minimum absolute atomic E-state index is 0.836. The van der Waals surface area contributed by atoms with Crippen molar-refractivity contribution >= 4 is 5.69 Å². The van der Waals surface area contributed by atoms with E-state index in [2.05, 4.69) is 54.7 Å². The number of rotatable bonds is 4. The molecule has 16 heavy (non-hydrogen) atoms. The van der Waals surface area contributed by atoms with Gasteiger partial charge in [0.25, 0.3) is 0 Å². The van der Waals surface area contributed by atoms with Gasteiger partial charge in [-0.3, -0.25) is 0 Å². The highest BCUT2D eigenvalue weighted by atomic mass is 14.9. The molecule has 0 aromatic heterocycles. The lowest BCUT2D eigenvalue weighted by molar-refractivity contribution is 1.09. The van der Waals surface area contributed by atoms with Gasteiger partial charge in [-0.1, -0.05) is 43.3 Å². The van der Waals surface area contributed by atoms with Crippen LogP contribution in [0.2, 0.25) is 0 Å². The molecule has 1 N–H and O–H groups in total. The molecule has 80 valence electrons. The zero-order chi connectivity index (χ0) is 11.2. The molecule has 0 aliphatic carbocycles. The Hall–Kier alpha value is -1.94. The van der Waals surface area contributed by atoms with Crippen LogP contribution in [0, 0.1) is 12.1 Å². The summed E-state index contributed by atoms with van der Waals surface area (Å²) in [6.07, 6.45) is 1.02. The van der Waals surface area contributed by atoms with Crippen LogP contribution in [0.4, 0.5) is 5.69 Å². The van der Waals surface area contributed by atoms with Crippen molar-refractivity contribution in [1.29, 1.82) is 0 Å². The van der Waals surface area contributed by atoms with Crippen molar-refractivity contribution in [3.05, 3.63) is 65.7 Å². The maximum absolute atomic E-state index is 3.39. The summed E-state index contributed by atoms with van der Waals surface area (Å²) in [5.74, 6) is 0. The lowest BCUT2D eigenvalue weighted by atomic mass is 10.1. The van der Waals surface area contributed by atoms with Gasteiger partial charge in [-0.25, -0.2) is 0 Å². The molecule has 0 fully saturated rings. The quantitative estimate of drug-likeness (QED) is 0.813. The molecular weight excluding hydrogens is 194 g/mol. The summed E-state index contributed by atoms with van der Waals surface area (Å²) in [4.78, 5) is 0. The first kappa shape index (κ1) is 10.6. The van der Waals surface area contributed by atoms with Gasteiger partial charge >= 0.3 is 0 Å². The molecule has 1 heteroatoms. The maximum Gasteiger partial charge on any atom is 0.0892 e. The van der Waals surface area contributed by atoms with Gasteiger partial charge in [0, 0.05) is 6.54 Å². The highest BCUT2D eigenvalue weighted by Crippen LogP contribution is 2.13. The van der Waals surface area contributed by atoms with E-state index in [9.17, 15) is 0 Å². The van der Waals surface area contributed by atoms with E-state index in [0.29, 0.717) is 0 Å². The van der Waals surface area contributed by atoms with Crippen LogP contribution < -0.4 is 5.32 Å². The summed E-state index contributed by atoms with van der Waals surface area (Å²) in [5.41, 5.74) is 3.63. The second kappa shape index (κ2) is 5.23. The molecule has 0 saturated carbocycles. The summed E-state index contributed by atoms with van der Waals surface area (Å²) < 4.78 is 0. The van der Waals surface area contributed by atoms with Crippen LogP contribution in [0.5, 0.6) is 0 Å². The number of aryl methyl sites for hydroxylation is 1. The average molecular weight is 209 g/mol. The van der Waals surface area contributed by atoms with E-state index in [1.807, 2.05) is 12.1 Å². The minimum Gasteiger partial charge on any atom is -0.374 e. The molecular formula is C15H15N. The van der Waals surface area contributed by atoms with Gasteiger partial charge in [0.05, 0.1) is 5.69 Å². The zero-order valence-corrected chi connectivity index (χ0v) is 9.46. The van der Waals surface area contributed by atoms with Crippen LogP contribution in [0.1, 0.15) is 18.1 Å². The third kappa shape index (κ3) is 2.55. The molecule has 1 nitrogen and oxygen atoms in total. The molecule has 0 amide bonds. The third-order valence-corrected chi connectivity index (χ3v) is 2.58. The van der Waals surface area contributed by atoms with E-state index >= 15 is 0 Å². The molecule has 0 aliphatic rings. The molecule has 0 saturated heterocycles. The minimum atomic E-state index is 0.836. The fourth-order valence-corrected chi connectivity index (χ4v) is 1.66. The largest absolute Gasteiger partial charge is 0.374 e. The Morgan fingerprint density at radius 1 is 1.12 bits per heavy atom. The maximum atomic E-state index is 3.39. The number of anilines is 1. The van der Waals surface area contributed by atoms with E-state index in [1.165, 1.54) is 11.1 Å². The Bertz CT molecular complexity index is 434. The lowest BCUT2D eigenvalue weighted by Gasteiger charge is -2.07. The van der Waals surface area contributed by atoms with Crippen molar-refractivity contribution in [2.75, 3.05) is 5.32 Å². The Morgan fingerprint density at radius 2 is 1.94 bits per heavy atom. The third-order valence-electron chi connectivity index (χ3n) is 2.58. The van der Waals surface area contributed by atoms with E-state index in [4.69, 9.17) is 0 Å². The molecule has 0 bridgehead atoms. The molecule has 2 rings (SSSR count). The SMILES string of the molecule is CCc1ccc#cc1NCc1ccccc1. The monoisotopic (exact) mass is 209 g/mol. The van der Waals surface area contributed by atoms with Gasteiger partial charge in [0.2, 0.25) is 0 Å². The van der Waals surface area contributed by atoms with Gasteiger partial charge in [-0.05, 0) is 35.7 Å². The van der Waals surface area contributed by atoms with Crippen molar-refractivity contribution in [3.8, 4) is 0 Å². The van der Waals surface area contributed by atoms with Gasteiger partial charge in [-0.2, -0.15) is 0 Å². The molecule has 2 aromatic carbocycles. The zero-order valence-electron chi connectivity index (χ0n) is 9.46. The van der Waals surface area contributed by atoms with Gasteiger partial charge in [-0.15, -0.1) is 0 Å². The Balaban J connectivity index is 2.05. The number of nitrogens with one attached hydrogen (secondary N) is 1. The van der Waals surface area contributed by atoms with E-state index < -0.39 is 0 Å². The molecule has 0 radical (unpaired) electrons. The van der Waals surface area contributed by atoms with Crippen molar-refractivity contribution in [3.63, 3.8) is 0 Å². The molecule has 2 aromatic rings. The fourth-order valence-electron chi connectivity index (χ4n) is 1.66. The fraction of sp³-hybridized carbons (Fsp3) is 0.200. The molecule has 0 aliphatic heterocycles. The first-order valence-electron chi connectivity index (χ1n) is 5.59. The molecule has 0 atom stereocenters. The van der Waals surface area contributed by atoms with Crippen molar-refractivity contribution in [1.82, 2.24) is 0 Å². The second-order valence-electron chi connectivity index (χ2n) is 3.70. The van der Waals surface area contributed by atoms with Crippen LogP contribution in [0.25, 0.3) is 0 Å². The first-order valence-corrected chi connectivity index (χ1v) is 5.59. The first-order chi connectivity index (χ1) is 7.90. The standard InChI is InChI=1S/C15H15N/c1-2-14-10-6-7-11-15(14)16-12-13-8-4-3-5-9-13/h3-6,8-10,16H,2,12H2,1H3. The van der Waals surface area contributed by atoms with Crippen LogP contribution >= 0.6 is 0 Å². The van der Waals surface area contributed by atoms with Crippen LogP contribution in [0.15, 0.2) is 42.5 Å². The average Bonchev–Trinajstić information content (AvgIpc) is 2.38. The Kier molecular flexibility index (Phi) is 3.46. The van der Waals surface area contributed by atoms with Crippen LogP contribution in [-0.4, -0.2) is 0 Å². The van der Waals surface area contributed by atoms with Crippen LogP contribution in [0.3, 0.4) is 0 Å². The topological polar surface area (TPSA) is 12.0 Å². The van der Waals surface area contributed by atoms with E-state index in [-0.39, 0.29) is 0 Å². The number of benzene rings is 1. The second-order valence-corrected chi connectivity index (χ2v) is 3.70. The smallest absolute Gasteiger partial charge is 0.0892 e. The molecule has 0 spiro atoms. The normalized spacial score (nSPS) is 9.56. The lowest BCUT2D eigenvalue weighted by Crippen LogP contribution is -2.01. The Labute approximate surface area is 97.1 Å². The van der Waals surface area contributed by atoms with E-state index in [0.717, 1.165) is 18.7 Å². The summed E-state index contributed by atoms with van der Waals surface area (Å²) >= 11 is 0. The summed E-state index contributed by atoms with van der Waals surface area (Å²) in [6.45, 7) is 2.99. The van der Waals surface area contributed by atoms with E-state index in [1.54, 1.807) is 0 Å². The summed E-state index contributed by atoms with van der Waals surface area (Å²) in [7, 11) is 0. The number of hydrogen-bond acceptors (Lipinski definition) is 1. The highest BCUT2D eigenvalue weighted by molar-refractivity contribution is 5.48. The van der Waals surface area contributed by atoms with Gasteiger partial charge < -0.3 is 5.32 Å². The molecule has 0 heterocycles. The van der Waals surface area contributed by atoms with Crippen molar-refractivity contribution in [2.45, 2.75) is 19.9 Å². The van der Waals surface area contributed by atoms with Gasteiger partial charge in [0.1, 0.15) is 0 Å². The van der Waals surface area contributed by atoms with Crippen LogP contribution in [-0.2, 0) is 13.0 Å². The summed E-state index contributed by atoms with van der Waals surface area (Å²) in [6, 6.07) is 20.5. The van der Waals surface area contributed by atoms with Crippen molar-refractivity contribution in [2.24, 2.45) is 0 Å². The van der Waals surface area contributed by atoms with Crippen molar-refractivity contribution < 1.29 is 0 Å². The Morgan fingerprint density at radius 3 is 2.69 bits per heavy atom. The molecule has 0 unspecified atom stereocenters. The number of hydrogen-bond donors (Lipinski definition) is 1.